The number of primary amides is 1. The predicted molar refractivity (Wildman–Crippen MR) is 61.0 cm³/mol. The molecule has 0 spiro atoms. The Balaban J connectivity index is 2.57. The molecule has 1 aromatic carbocycles. The molecule has 4 nitrogen and oxygen atoms in total. The molecule has 0 aliphatic rings. The summed E-state index contributed by atoms with van der Waals surface area (Å²) in [6.07, 6.45) is -3.77. The van der Waals surface area contributed by atoms with Gasteiger partial charge < -0.3 is 5.73 Å². The quantitative estimate of drug-likeness (QED) is 0.907. The Bertz CT molecular complexity index is 626. The van der Waals surface area contributed by atoms with Gasteiger partial charge in [-0.05, 0) is 12.1 Å². The van der Waals surface area contributed by atoms with Crippen molar-refractivity contribution >= 4 is 5.91 Å². The molecule has 2 aromatic rings. The zero-order chi connectivity index (χ0) is 14.0. The molecular weight excluding hydrogens is 259 g/mol. The molecule has 0 aliphatic heterocycles. The van der Waals surface area contributed by atoms with Crippen molar-refractivity contribution in [3.05, 3.63) is 47.9 Å². The average molecular weight is 267 g/mol. The lowest BCUT2D eigenvalue weighted by Gasteiger charge is -2.09. The van der Waals surface area contributed by atoms with Crippen LogP contribution in [0.4, 0.5) is 13.2 Å². The molecule has 2 N–H and O–H groups in total. The van der Waals surface area contributed by atoms with E-state index in [1.54, 1.807) is 12.1 Å². The first-order valence-corrected chi connectivity index (χ1v) is 5.18. The second-order valence-corrected chi connectivity index (χ2v) is 3.70. The van der Waals surface area contributed by atoms with E-state index < -0.39 is 17.8 Å². The third kappa shape index (κ3) is 2.70. The van der Waals surface area contributed by atoms with Gasteiger partial charge in [-0.3, -0.25) is 4.79 Å². The third-order valence-corrected chi connectivity index (χ3v) is 2.43. The van der Waals surface area contributed by atoms with Crippen molar-refractivity contribution in [3.63, 3.8) is 0 Å². The number of halogens is 3. The van der Waals surface area contributed by atoms with Gasteiger partial charge >= 0.3 is 6.18 Å². The molecule has 1 heterocycles. The van der Waals surface area contributed by atoms with Crippen LogP contribution in [0.25, 0.3) is 11.3 Å². The highest BCUT2D eigenvalue weighted by molar-refractivity contribution is 5.99. The summed E-state index contributed by atoms with van der Waals surface area (Å²) < 4.78 is 37.7. The molecule has 0 fully saturated rings. The van der Waals surface area contributed by atoms with Crippen molar-refractivity contribution in [2.75, 3.05) is 0 Å². The van der Waals surface area contributed by atoms with Crippen molar-refractivity contribution in [2.24, 2.45) is 5.73 Å². The molecule has 0 bridgehead atoms. The maximum Gasteiger partial charge on any atom is 0.433 e. The van der Waals surface area contributed by atoms with Crippen LogP contribution in [0, 0.1) is 0 Å². The number of carbonyl (C=O) groups is 1. The highest BCUT2D eigenvalue weighted by Gasteiger charge is 2.33. The molecule has 0 atom stereocenters. The van der Waals surface area contributed by atoms with E-state index in [-0.39, 0.29) is 16.8 Å². The first kappa shape index (κ1) is 13.0. The fraction of sp³-hybridized carbons (Fsp3) is 0.0833. The minimum absolute atomic E-state index is 0.00303. The normalized spacial score (nSPS) is 11.3. The van der Waals surface area contributed by atoms with E-state index in [1.165, 1.54) is 12.1 Å². The van der Waals surface area contributed by atoms with Crippen LogP contribution >= 0.6 is 0 Å². The Labute approximate surface area is 106 Å². The van der Waals surface area contributed by atoms with Gasteiger partial charge in [-0.25, -0.2) is 9.97 Å². The number of hydrogen-bond acceptors (Lipinski definition) is 3. The van der Waals surface area contributed by atoms with Crippen molar-refractivity contribution in [2.45, 2.75) is 6.18 Å². The molecule has 7 heteroatoms. The molecule has 0 aliphatic carbocycles. The molecule has 1 aromatic heterocycles. The van der Waals surface area contributed by atoms with E-state index in [0.29, 0.717) is 0 Å². The van der Waals surface area contributed by atoms with Gasteiger partial charge in [-0.1, -0.05) is 18.2 Å². The fourth-order valence-corrected chi connectivity index (χ4v) is 1.58. The number of amides is 1. The first-order valence-electron chi connectivity index (χ1n) is 5.18. The van der Waals surface area contributed by atoms with E-state index in [2.05, 4.69) is 9.97 Å². The summed E-state index contributed by atoms with van der Waals surface area (Å²) >= 11 is 0. The van der Waals surface area contributed by atoms with Crippen LogP contribution in [-0.4, -0.2) is 15.9 Å². The molecule has 2 rings (SSSR count). The molecular formula is C12H8F3N3O. The SMILES string of the molecule is NC(=O)c1ccccc1-c1cc(C(F)(F)F)ncn1. The number of hydrogen-bond donors (Lipinski definition) is 1. The number of alkyl halides is 3. The lowest BCUT2D eigenvalue weighted by Crippen LogP contribution is -2.13. The maximum absolute atomic E-state index is 12.6. The van der Waals surface area contributed by atoms with Gasteiger partial charge in [0.2, 0.25) is 5.91 Å². The largest absolute Gasteiger partial charge is 0.433 e. The van der Waals surface area contributed by atoms with E-state index in [0.717, 1.165) is 12.4 Å². The zero-order valence-electron chi connectivity index (χ0n) is 9.48. The molecule has 0 saturated heterocycles. The van der Waals surface area contributed by atoms with Crippen molar-refractivity contribution in [1.29, 1.82) is 0 Å². The summed E-state index contributed by atoms with van der Waals surface area (Å²) in [7, 11) is 0. The van der Waals surface area contributed by atoms with Crippen LogP contribution in [0.2, 0.25) is 0 Å². The Morgan fingerprint density at radius 1 is 1.16 bits per heavy atom. The Morgan fingerprint density at radius 3 is 2.47 bits per heavy atom. The Morgan fingerprint density at radius 2 is 1.84 bits per heavy atom. The summed E-state index contributed by atoms with van der Waals surface area (Å²) in [5.74, 6) is -0.734. The van der Waals surface area contributed by atoms with Crippen molar-refractivity contribution < 1.29 is 18.0 Å². The van der Waals surface area contributed by atoms with Crippen LogP contribution in [0.1, 0.15) is 16.1 Å². The summed E-state index contributed by atoms with van der Waals surface area (Å²) in [5, 5.41) is 0. The van der Waals surface area contributed by atoms with Crippen LogP contribution in [-0.2, 0) is 6.18 Å². The van der Waals surface area contributed by atoms with Gasteiger partial charge in [0.15, 0.2) is 0 Å². The first-order chi connectivity index (χ1) is 8.89. The van der Waals surface area contributed by atoms with E-state index >= 15 is 0 Å². The Hall–Kier alpha value is -2.44. The Kier molecular flexibility index (Phi) is 3.20. The lowest BCUT2D eigenvalue weighted by molar-refractivity contribution is -0.141. The van der Waals surface area contributed by atoms with E-state index in [1.807, 2.05) is 0 Å². The van der Waals surface area contributed by atoms with Gasteiger partial charge in [0.1, 0.15) is 12.0 Å². The van der Waals surface area contributed by atoms with Crippen molar-refractivity contribution in [1.82, 2.24) is 9.97 Å². The monoisotopic (exact) mass is 267 g/mol. The molecule has 1 amide bonds. The minimum Gasteiger partial charge on any atom is -0.366 e. The van der Waals surface area contributed by atoms with Gasteiger partial charge in [0, 0.05) is 11.1 Å². The summed E-state index contributed by atoms with van der Waals surface area (Å²) in [5.41, 5.74) is 4.44. The van der Waals surface area contributed by atoms with E-state index in [4.69, 9.17) is 5.73 Å². The minimum atomic E-state index is -4.57. The summed E-state index contributed by atoms with van der Waals surface area (Å²) in [4.78, 5) is 18.1. The molecule has 0 radical (unpaired) electrons. The van der Waals surface area contributed by atoms with Gasteiger partial charge in [0.05, 0.1) is 5.69 Å². The lowest BCUT2D eigenvalue weighted by atomic mass is 10.0. The summed E-state index contributed by atoms with van der Waals surface area (Å²) in [6, 6.07) is 6.82. The number of nitrogens with zero attached hydrogens (tertiary/aromatic N) is 2. The third-order valence-electron chi connectivity index (χ3n) is 2.43. The number of aromatic nitrogens is 2. The fourth-order valence-electron chi connectivity index (χ4n) is 1.58. The number of rotatable bonds is 2. The number of carbonyl (C=O) groups excluding carboxylic acids is 1. The second-order valence-electron chi connectivity index (χ2n) is 3.70. The molecule has 19 heavy (non-hydrogen) atoms. The highest BCUT2D eigenvalue weighted by atomic mass is 19.4. The van der Waals surface area contributed by atoms with Crippen LogP contribution in [0.3, 0.4) is 0 Å². The highest BCUT2D eigenvalue weighted by Crippen LogP contribution is 2.30. The molecule has 0 saturated carbocycles. The van der Waals surface area contributed by atoms with Gasteiger partial charge in [-0.2, -0.15) is 13.2 Å². The van der Waals surface area contributed by atoms with Gasteiger partial charge in [-0.15, -0.1) is 0 Å². The zero-order valence-corrected chi connectivity index (χ0v) is 9.48. The standard InChI is InChI=1S/C12H8F3N3O/c13-12(14,15)10-5-9(17-6-18-10)7-3-1-2-4-8(7)11(16)19/h1-6H,(H2,16,19). The molecule has 0 unspecified atom stereocenters. The number of nitrogens with two attached hydrogens (primary N) is 1. The van der Waals surface area contributed by atoms with Crippen LogP contribution in [0.15, 0.2) is 36.7 Å². The smallest absolute Gasteiger partial charge is 0.366 e. The van der Waals surface area contributed by atoms with Crippen molar-refractivity contribution in [3.8, 4) is 11.3 Å². The number of benzene rings is 1. The topological polar surface area (TPSA) is 68.9 Å². The van der Waals surface area contributed by atoms with E-state index in [9.17, 15) is 18.0 Å². The predicted octanol–water partition coefficient (Wildman–Crippen LogP) is 2.26. The summed E-state index contributed by atoms with van der Waals surface area (Å²) in [6.45, 7) is 0. The maximum atomic E-state index is 12.6. The van der Waals surface area contributed by atoms with Crippen LogP contribution in [0.5, 0.6) is 0 Å². The molecule has 98 valence electrons. The van der Waals surface area contributed by atoms with Crippen LogP contribution < -0.4 is 5.73 Å². The van der Waals surface area contributed by atoms with Gasteiger partial charge in [0.25, 0.3) is 0 Å². The average Bonchev–Trinajstić information content (AvgIpc) is 2.38. The second kappa shape index (κ2) is 4.68.